The molecule has 1 N–H and O–H groups in total. The van der Waals surface area contributed by atoms with Crippen LogP contribution in [0.1, 0.15) is 16.5 Å². The minimum absolute atomic E-state index is 0.0430. The molecule has 0 saturated heterocycles. The highest BCUT2D eigenvalue weighted by atomic mass is 16.5. The molecule has 0 aliphatic carbocycles. The quantitative estimate of drug-likeness (QED) is 0.568. The highest BCUT2D eigenvalue weighted by Gasteiger charge is 2.09. The van der Waals surface area contributed by atoms with E-state index >= 15 is 0 Å². The zero-order valence-electron chi connectivity index (χ0n) is 5.29. The maximum Gasteiger partial charge on any atom is 0.315 e. The fourth-order valence-electron chi connectivity index (χ4n) is 0.434. The van der Waals surface area contributed by atoms with E-state index in [0.717, 1.165) is 0 Å². The van der Waals surface area contributed by atoms with Crippen molar-refractivity contribution < 1.29 is 9.32 Å². The first kappa shape index (κ1) is 6.73. The molecule has 0 aliphatic heterocycles. The second kappa shape index (κ2) is 2.47. The average Bonchev–Trinajstić information content (AvgIpc) is 2.34. The van der Waals surface area contributed by atoms with Crippen molar-refractivity contribution >= 4 is 5.91 Å². The smallest absolute Gasteiger partial charge is 0.315 e. The Morgan fingerprint density at radius 2 is 2.50 bits per heavy atom. The second-order valence-electron chi connectivity index (χ2n) is 1.54. The van der Waals surface area contributed by atoms with E-state index in [1.54, 1.807) is 0 Å². The Bertz CT molecular complexity index is 243. The number of hydrogen-bond donors (Lipinski definition) is 1. The Labute approximate surface area is 57.4 Å². The van der Waals surface area contributed by atoms with E-state index in [0.29, 0.717) is 0 Å². The molecule has 0 atom stereocenters. The van der Waals surface area contributed by atoms with Gasteiger partial charge in [0.2, 0.25) is 0 Å². The first-order valence-corrected chi connectivity index (χ1v) is 2.55. The van der Waals surface area contributed by atoms with Crippen LogP contribution in [0.2, 0.25) is 0 Å². The first-order valence-electron chi connectivity index (χ1n) is 2.55. The maximum absolute atomic E-state index is 10.7. The SMILES string of the molecule is [CH]c1noc(C(=O)NC)n1. The van der Waals surface area contributed by atoms with Crippen LogP contribution in [0.3, 0.4) is 0 Å². The molecule has 52 valence electrons. The summed E-state index contributed by atoms with van der Waals surface area (Å²) < 4.78 is 4.42. The molecule has 10 heavy (non-hydrogen) atoms. The molecule has 0 aromatic carbocycles. The minimum Gasteiger partial charge on any atom is -0.351 e. The molecule has 5 heteroatoms. The Hall–Kier alpha value is -1.39. The van der Waals surface area contributed by atoms with Gasteiger partial charge in [0.05, 0.1) is 0 Å². The van der Waals surface area contributed by atoms with Crippen LogP contribution in [0.5, 0.6) is 0 Å². The summed E-state index contributed by atoms with van der Waals surface area (Å²) in [6.45, 7) is 5.08. The molecule has 1 heterocycles. The highest BCUT2D eigenvalue weighted by molar-refractivity contribution is 5.89. The van der Waals surface area contributed by atoms with E-state index in [9.17, 15) is 4.79 Å². The summed E-state index contributed by atoms with van der Waals surface area (Å²) in [5.74, 6) is -0.609. The van der Waals surface area contributed by atoms with Gasteiger partial charge in [-0.2, -0.15) is 4.98 Å². The lowest BCUT2D eigenvalue weighted by Gasteiger charge is -1.87. The normalized spacial score (nSPS) is 9.40. The van der Waals surface area contributed by atoms with Crippen LogP contribution < -0.4 is 5.32 Å². The molecule has 5 nitrogen and oxygen atoms in total. The van der Waals surface area contributed by atoms with Crippen LogP contribution in [-0.2, 0) is 0 Å². The molecule has 1 aromatic rings. The van der Waals surface area contributed by atoms with Gasteiger partial charge in [-0.15, -0.1) is 0 Å². The maximum atomic E-state index is 10.7. The Balaban J connectivity index is 2.85. The standard InChI is InChI=1S/C5H5N3O2/c1-3-7-5(10-8-3)4(9)6-2/h1H,2H3,(H,6,9). The minimum atomic E-state index is -0.441. The van der Waals surface area contributed by atoms with Gasteiger partial charge in [-0.05, 0) is 0 Å². The van der Waals surface area contributed by atoms with Crippen molar-refractivity contribution in [1.82, 2.24) is 15.5 Å². The number of hydrogen-bond acceptors (Lipinski definition) is 4. The van der Waals surface area contributed by atoms with Crippen LogP contribution in [0.25, 0.3) is 0 Å². The fraction of sp³-hybridized carbons (Fsp3) is 0.200. The summed E-state index contributed by atoms with van der Waals surface area (Å²) >= 11 is 0. The van der Waals surface area contributed by atoms with Crippen molar-refractivity contribution in [3.8, 4) is 0 Å². The van der Waals surface area contributed by atoms with E-state index in [-0.39, 0.29) is 11.7 Å². The molecule has 0 bridgehead atoms. The number of nitrogens with zero attached hydrogens (tertiary/aromatic N) is 2. The van der Waals surface area contributed by atoms with Gasteiger partial charge in [0.1, 0.15) is 0 Å². The summed E-state index contributed by atoms with van der Waals surface area (Å²) in [6.07, 6.45) is 0. The van der Waals surface area contributed by atoms with Gasteiger partial charge in [0.25, 0.3) is 0 Å². The Morgan fingerprint density at radius 3 is 2.90 bits per heavy atom. The summed E-state index contributed by atoms with van der Waals surface area (Å²) in [4.78, 5) is 14.1. The van der Waals surface area contributed by atoms with Crippen molar-refractivity contribution in [2.75, 3.05) is 7.05 Å². The molecule has 0 unspecified atom stereocenters. The predicted octanol–water partition coefficient (Wildman–Crippen LogP) is -0.512. The monoisotopic (exact) mass is 139 g/mol. The van der Waals surface area contributed by atoms with Crippen LogP contribution in [-0.4, -0.2) is 23.1 Å². The number of carbonyl (C=O) groups is 1. The fourth-order valence-corrected chi connectivity index (χ4v) is 0.434. The Kier molecular flexibility index (Phi) is 1.66. The van der Waals surface area contributed by atoms with Crippen LogP contribution in [0.4, 0.5) is 0 Å². The van der Waals surface area contributed by atoms with E-state index < -0.39 is 5.91 Å². The second-order valence-corrected chi connectivity index (χ2v) is 1.54. The number of amides is 1. The molecule has 1 amide bonds. The summed E-state index contributed by atoms with van der Waals surface area (Å²) in [7, 11) is 1.46. The van der Waals surface area contributed by atoms with Crippen LogP contribution in [0.15, 0.2) is 4.52 Å². The lowest BCUT2D eigenvalue weighted by Crippen LogP contribution is -2.17. The van der Waals surface area contributed by atoms with Crippen molar-refractivity contribution in [2.45, 2.75) is 0 Å². The van der Waals surface area contributed by atoms with E-state index in [1.165, 1.54) is 7.05 Å². The van der Waals surface area contributed by atoms with E-state index in [1.807, 2.05) is 0 Å². The van der Waals surface area contributed by atoms with Gasteiger partial charge < -0.3 is 9.84 Å². The van der Waals surface area contributed by atoms with Gasteiger partial charge >= 0.3 is 11.8 Å². The predicted molar refractivity (Wildman–Crippen MR) is 31.1 cm³/mol. The van der Waals surface area contributed by atoms with Crippen LogP contribution >= 0.6 is 0 Å². The topological polar surface area (TPSA) is 68.0 Å². The summed E-state index contributed by atoms with van der Waals surface area (Å²) in [5.41, 5.74) is 0. The first-order chi connectivity index (χ1) is 4.74. The summed E-state index contributed by atoms with van der Waals surface area (Å²) in [5, 5.41) is 5.52. The third kappa shape index (κ3) is 1.12. The van der Waals surface area contributed by atoms with Crippen molar-refractivity contribution in [1.29, 1.82) is 0 Å². The highest BCUT2D eigenvalue weighted by Crippen LogP contribution is 1.93. The van der Waals surface area contributed by atoms with Gasteiger partial charge in [0, 0.05) is 14.0 Å². The molecular weight excluding hydrogens is 134 g/mol. The molecular formula is C5H5N3O2. The molecule has 0 aliphatic rings. The molecule has 0 fully saturated rings. The van der Waals surface area contributed by atoms with Gasteiger partial charge in [-0.1, -0.05) is 5.16 Å². The van der Waals surface area contributed by atoms with Crippen molar-refractivity contribution in [2.24, 2.45) is 0 Å². The van der Waals surface area contributed by atoms with Gasteiger partial charge in [-0.25, -0.2) is 0 Å². The lowest BCUT2D eigenvalue weighted by atomic mass is 10.6. The van der Waals surface area contributed by atoms with Gasteiger partial charge in [0.15, 0.2) is 5.82 Å². The average molecular weight is 139 g/mol. The number of aromatic nitrogens is 2. The number of nitrogens with one attached hydrogen (secondary N) is 1. The number of carbonyl (C=O) groups excluding carboxylic acids is 1. The zero-order valence-corrected chi connectivity index (χ0v) is 5.29. The van der Waals surface area contributed by atoms with Crippen molar-refractivity contribution in [3.63, 3.8) is 0 Å². The third-order valence-corrected chi connectivity index (χ3v) is 0.863. The summed E-state index contributed by atoms with van der Waals surface area (Å²) in [6, 6.07) is 0. The largest absolute Gasteiger partial charge is 0.351 e. The molecule has 0 spiro atoms. The Morgan fingerprint density at radius 1 is 1.80 bits per heavy atom. The van der Waals surface area contributed by atoms with E-state index in [2.05, 4.69) is 20.0 Å². The zero-order chi connectivity index (χ0) is 7.56. The molecule has 1 rings (SSSR count). The molecule has 1 aromatic heterocycles. The van der Waals surface area contributed by atoms with Crippen molar-refractivity contribution in [3.05, 3.63) is 18.6 Å². The lowest BCUT2D eigenvalue weighted by molar-refractivity contribution is 0.0919. The number of rotatable bonds is 1. The van der Waals surface area contributed by atoms with E-state index in [4.69, 9.17) is 6.92 Å². The van der Waals surface area contributed by atoms with Gasteiger partial charge in [-0.3, -0.25) is 4.79 Å². The van der Waals surface area contributed by atoms with Crippen LogP contribution in [0, 0.1) is 6.92 Å². The third-order valence-electron chi connectivity index (χ3n) is 0.863. The molecule has 2 radical (unpaired) electrons. The molecule has 0 saturated carbocycles.